The van der Waals surface area contributed by atoms with Crippen LogP contribution in [0.4, 0.5) is 30.5 Å². The van der Waals surface area contributed by atoms with E-state index in [0.29, 0.717) is 12.2 Å². The molecule has 0 radical (unpaired) electrons. The number of carbonyl (C=O) groups excluding carboxylic acids is 4. The molecule has 2 atom stereocenters. The van der Waals surface area contributed by atoms with Gasteiger partial charge in [-0.2, -0.15) is 18.3 Å². The highest BCUT2D eigenvalue weighted by molar-refractivity contribution is 6.20. The normalized spacial score (nSPS) is 27.7. The van der Waals surface area contributed by atoms with E-state index in [2.05, 4.69) is 15.5 Å². The van der Waals surface area contributed by atoms with E-state index < -0.39 is 46.0 Å². The first-order chi connectivity index (χ1) is 17.1. The van der Waals surface area contributed by atoms with Crippen molar-refractivity contribution < 1.29 is 32.3 Å². The first-order valence-electron chi connectivity index (χ1n) is 11.5. The predicted octanol–water partition coefficient (Wildman–Crippen LogP) is 3.08. The summed E-state index contributed by atoms with van der Waals surface area (Å²) in [6, 6.07) is 8.01. The van der Waals surface area contributed by atoms with Gasteiger partial charge in [-0.05, 0) is 37.0 Å². The van der Waals surface area contributed by atoms with Gasteiger partial charge in [-0.1, -0.05) is 32.9 Å². The number of nitrogens with zero attached hydrogens (tertiary/aromatic N) is 2. The van der Waals surface area contributed by atoms with Crippen LogP contribution in [0.2, 0.25) is 0 Å². The van der Waals surface area contributed by atoms with Crippen molar-refractivity contribution in [1.82, 2.24) is 10.2 Å². The van der Waals surface area contributed by atoms with Gasteiger partial charge in [0, 0.05) is 34.5 Å². The largest absolute Gasteiger partial charge is 0.471 e. The molecule has 5 N–H and O–H groups in total. The van der Waals surface area contributed by atoms with Crippen LogP contribution in [0.3, 0.4) is 0 Å². The molecule has 1 aromatic heterocycles. The van der Waals surface area contributed by atoms with Crippen molar-refractivity contribution in [2.75, 3.05) is 15.5 Å². The number of nitrogens with one attached hydrogen (secondary N) is 3. The number of aromatic nitrogens is 2. The number of benzene rings is 1. The second kappa shape index (κ2) is 8.68. The lowest BCUT2D eigenvalue weighted by molar-refractivity contribution is -0.167. The number of aromatic amines is 1. The van der Waals surface area contributed by atoms with Crippen LogP contribution in [0.25, 0.3) is 0 Å². The molecular formula is C24H27F3N6O4. The Labute approximate surface area is 210 Å². The fourth-order valence-corrected chi connectivity index (χ4v) is 5.76. The molecule has 2 heterocycles. The lowest BCUT2D eigenvalue weighted by atomic mass is 9.51. The second-order valence-electron chi connectivity index (χ2n) is 10.6. The number of nitrogens with two attached hydrogens (primary N) is 1. The minimum Gasteiger partial charge on any atom is -0.326 e. The van der Waals surface area contributed by atoms with Crippen molar-refractivity contribution in [3.8, 4) is 0 Å². The lowest BCUT2D eigenvalue weighted by Crippen LogP contribution is -2.65. The Morgan fingerprint density at radius 2 is 1.59 bits per heavy atom. The molecule has 4 rings (SSSR count). The van der Waals surface area contributed by atoms with Crippen LogP contribution in [0.15, 0.2) is 30.3 Å². The van der Waals surface area contributed by atoms with E-state index in [0.717, 1.165) is 16.5 Å². The number of amides is 4. The number of H-pyrrole nitrogens is 1. The zero-order valence-corrected chi connectivity index (χ0v) is 20.5. The van der Waals surface area contributed by atoms with Gasteiger partial charge in [0.15, 0.2) is 5.82 Å². The SMILES string of the molecule is CC1(C(=O)Nc2ccc(CN)cc2)CC2(C)CC(C)(C1)C(=O)N(c1cc(NC(=O)C(F)(F)F)[nH]n1)C2=O. The maximum atomic E-state index is 13.6. The molecule has 13 heteroatoms. The fraction of sp³-hybridized carbons (Fsp3) is 0.458. The van der Waals surface area contributed by atoms with Crippen molar-refractivity contribution in [2.45, 2.75) is 52.8 Å². The third-order valence-corrected chi connectivity index (χ3v) is 7.07. The van der Waals surface area contributed by atoms with Crippen molar-refractivity contribution in [2.24, 2.45) is 22.0 Å². The monoisotopic (exact) mass is 520 g/mol. The number of alkyl halides is 3. The maximum absolute atomic E-state index is 13.6. The highest BCUT2D eigenvalue weighted by Gasteiger charge is 2.63. The number of halogens is 3. The summed E-state index contributed by atoms with van der Waals surface area (Å²) in [6.45, 7) is 5.39. The molecule has 2 aromatic rings. The van der Waals surface area contributed by atoms with Crippen molar-refractivity contribution in [3.63, 3.8) is 0 Å². The summed E-state index contributed by atoms with van der Waals surface area (Å²) in [6.07, 6.45) is -4.66. The molecule has 2 bridgehead atoms. The molecule has 0 spiro atoms. The van der Waals surface area contributed by atoms with Gasteiger partial charge in [-0.3, -0.25) is 24.3 Å². The van der Waals surface area contributed by atoms with Crippen LogP contribution in [-0.4, -0.2) is 40.0 Å². The molecule has 4 amide bonds. The Balaban J connectivity index is 1.59. The molecule has 37 heavy (non-hydrogen) atoms. The van der Waals surface area contributed by atoms with Crippen molar-refractivity contribution >= 4 is 41.0 Å². The Bertz CT molecular complexity index is 1240. The topological polar surface area (TPSA) is 150 Å². The molecule has 1 saturated heterocycles. The zero-order chi connectivity index (χ0) is 27.4. The van der Waals surface area contributed by atoms with Crippen molar-refractivity contribution in [1.29, 1.82) is 0 Å². The molecule has 1 aromatic carbocycles. The summed E-state index contributed by atoms with van der Waals surface area (Å²) in [5, 5.41) is 10.5. The maximum Gasteiger partial charge on any atom is 0.471 e. The van der Waals surface area contributed by atoms with Gasteiger partial charge < -0.3 is 16.4 Å². The second-order valence-corrected chi connectivity index (χ2v) is 10.6. The first-order valence-corrected chi connectivity index (χ1v) is 11.5. The minimum atomic E-state index is -5.13. The van der Waals surface area contributed by atoms with E-state index in [1.807, 2.05) is 0 Å². The van der Waals surface area contributed by atoms with Crippen LogP contribution in [0.5, 0.6) is 0 Å². The van der Waals surface area contributed by atoms with E-state index in [-0.39, 0.29) is 31.0 Å². The smallest absolute Gasteiger partial charge is 0.326 e. The summed E-state index contributed by atoms with van der Waals surface area (Å²) < 4.78 is 37.8. The first kappa shape index (κ1) is 26.3. The van der Waals surface area contributed by atoms with Gasteiger partial charge in [0.2, 0.25) is 17.7 Å². The standard InChI is InChI=1S/C24H27F3N6O4/c1-21(17(34)29-14-6-4-13(9-28)5-7-14)10-22(2)12-23(3,11-21)20(37)33(19(22)36)16-8-15(31-32-16)30-18(35)24(25,26)27/h4-8H,9-12,28H2,1-3H3,(H,29,34)(H2,30,31,32,35). The van der Waals surface area contributed by atoms with E-state index in [9.17, 15) is 32.3 Å². The molecule has 2 aliphatic rings. The number of carbonyl (C=O) groups is 4. The number of imide groups is 1. The van der Waals surface area contributed by atoms with Crippen LogP contribution in [-0.2, 0) is 25.7 Å². The van der Waals surface area contributed by atoms with Gasteiger partial charge in [0.1, 0.15) is 5.82 Å². The summed E-state index contributed by atoms with van der Waals surface area (Å²) in [7, 11) is 0. The number of hydrogen-bond acceptors (Lipinski definition) is 6. The average molecular weight is 521 g/mol. The van der Waals surface area contributed by atoms with Crippen LogP contribution >= 0.6 is 0 Å². The zero-order valence-electron chi connectivity index (χ0n) is 20.5. The summed E-state index contributed by atoms with van der Waals surface area (Å²) in [4.78, 5) is 52.6. The molecular weight excluding hydrogens is 493 g/mol. The number of rotatable bonds is 5. The van der Waals surface area contributed by atoms with Gasteiger partial charge in [-0.25, -0.2) is 4.90 Å². The van der Waals surface area contributed by atoms with E-state index in [1.165, 1.54) is 0 Å². The average Bonchev–Trinajstić information content (AvgIpc) is 3.25. The Morgan fingerprint density at radius 1 is 1.03 bits per heavy atom. The van der Waals surface area contributed by atoms with Gasteiger partial charge in [-0.15, -0.1) is 0 Å². The fourth-order valence-electron chi connectivity index (χ4n) is 5.76. The van der Waals surface area contributed by atoms with Gasteiger partial charge in [0.25, 0.3) is 0 Å². The number of fused-ring (bicyclic) bond motifs is 2. The van der Waals surface area contributed by atoms with Crippen LogP contribution in [0, 0.1) is 16.2 Å². The van der Waals surface area contributed by atoms with Crippen molar-refractivity contribution in [3.05, 3.63) is 35.9 Å². The predicted molar refractivity (Wildman–Crippen MR) is 127 cm³/mol. The number of hydrogen-bond donors (Lipinski definition) is 4. The molecule has 1 aliphatic heterocycles. The summed E-state index contributed by atoms with van der Waals surface area (Å²) in [5.41, 5.74) is 3.73. The Kier molecular flexibility index (Phi) is 6.18. The minimum absolute atomic E-state index is 0.132. The lowest BCUT2D eigenvalue weighted by Gasteiger charge is -2.55. The molecule has 1 saturated carbocycles. The van der Waals surface area contributed by atoms with E-state index >= 15 is 0 Å². The van der Waals surface area contributed by atoms with E-state index in [1.54, 1.807) is 50.4 Å². The van der Waals surface area contributed by atoms with Crippen LogP contribution in [0.1, 0.15) is 45.6 Å². The van der Waals surface area contributed by atoms with Crippen LogP contribution < -0.4 is 21.3 Å². The van der Waals surface area contributed by atoms with E-state index in [4.69, 9.17) is 5.73 Å². The molecule has 198 valence electrons. The highest BCUT2D eigenvalue weighted by atomic mass is 19.4. The Hall–Kier alpha value is -3.74. The van der Waals surface area contributed by atoms with Gasteiger partial charge >= 0.3 is 12.1 Å². The third-order valence-electron chi connectivity index (χ3n) is 7.07. The molecule has 2 unspecified atom stereocenters. The summed E-state index contributed by atoms with van der Waals surface area (Å²) in [5.74, 6) is -4.47. The molecule has 2 fully saturated rings. The third kappa shape index (κ3) is 4.70. The highest BCUT2D eigenvalue weighted by Crippen LogP contribution is 2.59. The molecule has 10 nitrogen and oxygen atoms in total. The number of piperidine rings is 1. The molecule has 1 aliphatic carbocycles. The van der Waals surface area contributed by atoms with Gasteiger partial charge in [0.05, 0.1) is 0 Å². The quantitative estimate of drug-likeness (QED) is 0.445. The Morgan fingerprint density at radius 3 is 2.11 bits per heavy atom. The summed E-state index contributed by atoms with van der Waals surface area (Å²) >= 11 is 0. The number of anilines is 3.